The van der Waals surface area contributed by atoms with Crippen LogP contribution >= 0.6 is 23.2 Å². The standard InChI is InChI=1S/C26H28Cl2N4O3/c1-5-32-22-12-20(28)16(10-19(22)15(2)13-26(32,3)4)11-21-24(34)31(25(35)30-21)14-23(33)29-18-8-6-17(27)7-9-18/h6-12,15H,5,13-14H2,1-4H3,(H,29,33)(H,30,35)/b21-11+. The van der Waals surface area contributed by atoms with Crippen molar-refractivity contribution in [1.29, 1.82) is 0 Å². The molecule has 1 saturated heterocycles. The van der Waals surface area contributed by atoms with Crippen molar-refractivity contribution in [3.63, 3.8) is 0 Å². The summed E-state index contributed by atoms with van der Waals surface area (Å²) in [5.74, 6) is -0.779. The minimum absolute atomic E-state index is 0.00690. The molecule has 0 spiro atoms. The topological polar surface area (TPSA) is 81.8 Å². The second kappa shape index (κ2) is 9.55. The highest BCUT2D eigenvalue weighted by atomic mass is 35.5. The normalized spacial score (nSPS) is 20.2. The lowest BCUT2D eigenvalue weighted by atomic mass is 9.79. The first-order valence-electron chi connectivity index (χ1n) is 11.5. The molecule has 2 aromatic carbocycles. The zero-order chi connectivity index (χ0) is 25.5. The fraction of sp³-hybridized carbons (Fsp3) is 0.346. The fourth-order valence-electron chi connectivity index (χ4n) is 4.98. The number of hydrogen-bond acceptors (Lipinski definition) is 4. The molecule has 7 nitrogen and oxygen atoms in total. The number of benzene rings is 2. The first-order chi connectivity index (χ1) is 16.5. The van der Waals surface area contributed by atoms with E-state index in [1.807, 2.05) is 12.1 Å². The maximum absolute atomic E-state index is 12.9. The van der Waals surface area contributed by atoms with Gasteiger partial charge >= 0.3 is 6.03 Å². The number of carbonyl (C=O) groups is 3. The fourth-order valence-corrected chi connectivity index (χ4v) is 5.32. The van der Waals surface area contributed by atoms with Gasteiger partial charge in [-0.2, -0.15) is 0 Å². The third kappa shape index (κ3) is 5.02. The Balaban J connectivity index is 1.55. The molecule has 0 aromatic heterocycles. The SMILES string of the molecule is CCN1c2cc(Cl)c(/C=C3/NC(=O)N(CC(=O)Nc4ccc(Cl)cc4)C3=O)cc2C(C)CC1(C)C. The summed E-state index contributed by atoms with van der Waals surface area (Å²) in [5, 5.41) is 6.23. The highest BCUT2D eigenvalue weighted by molar-refractivity contribution is 6.32. The Morgan fingerprint density at radius 3 is 2.54 bits per heavy atom. The van der Waals surface area contributed by atoms with Gasteiger partial charge in [-0.3, -0.25) is 9.59 Å². The van der Waals surface area contributed by atoms with Gasteiger partial charge in [0, 0.05) is 33.5 Å². The summed E-state index contributed by atoms with van der Waals surface area (Å²) in [7, 11) is 0. The van der Waals surface area contributed by atoms with Crippen LogP contribution in [0.2, 0.25) is 10.0 Å². The molecule has 2 aliphatic heterocycles. The molecule has 0 aliphatic carbocycles. The van der Waals surface area contributed by atoms with E-state index in [1.165, 1.54) is 0 Å². The Kier molecular flexibility index (Phi) is 6.84. The Labute approximate surface area is 215 Å². The predicted octanol–water partition coefficient (Wildman–Crippen LogP) is 5.64. The van der Waals surface area contributed by atoms with Crippen LogP contribution in [-0.4, -0.2) is 41.4 Å². The molecule has 2 heterocycles. The summed E-state index contributed by atoms with van der Waals surface area (Å²) in [6, 6.07) is 9.81. The molecule has 0 radical (unpaired) electrons. The third-order valence-corrected chi connectivity index (χ3v) is 7.09. The summed E-state index contributed by atoms with van der Waals surface area (Å²) >= 11 is 12.5. The number of imide groups is 1. The van der Waals surface area contributed by atoms with Gasteiger partial charge in [-0.15, -0.1) is 0 Å². The largest absolute Gasteiger partial charge is 0.366 e. The van der Waals surface area contributed by atoms with Crippen LogP contribution in [-0.2, 0) is 9.59 Å². The summed E-state index contributed by atoms with van der Waals surface area (Å²) < 4.78 is 0. The number of amides is 4. The molecule has 4 rings (SSSR count). The monoisotopic (exact) mass is 514 g/mol. The number of anilines is 2. The van der Waals surface area contributed by atoms with E-state index in [4.69, 9.17) is 23.2 Å². The van der Waals surface area contributed by atoms with Crippen LogP contribution in [0.1, 0.15) is 51.2 Å². The average Bonchev–Trinajstić information content (AvgIpc) is 3.03. The molecule has 2 N–H and O–H groups in total. The molecule has 1 atom stereocenters. The number of carbonyl (C=O) groups excluding carboxylic acids is 3. The van der Waals surface area contributed by atoms with Crippen LogP contribution in [0.3, 0.4) is 0 Å². The molecular formula is C26H28Cl2N4O3. The predicted molar refractivity (Wildman–Crippen MR) is 140 cm³/mol. The van der Waals surface area contributed by atoms with Crippen molar-refractivity contribution in [2.45, 2.75) is 45.6 Å². The summed E-state index contributed by atoms with van der Waals surface area (Å²) in [6.45, 7) is 9.19. The zero-order valence-corrected chi connectivity index (χ0v) is 21.6. The van der Waals surface area contributed by atoms with E-state index in [0.717, 1.165) is 29.1 Å². The molecule has 0 bridgehead atoms. The number of fused-ring (bicyclic) bond motifs is 1. The van der Waals surface area contributed by atoms with Gasteiger partial charge in [0.15, 0.2) is 0 Å². The number of halogens is 2. The first kappa shape index (κ1) is 25.1. The third-order valence-electron chi connectivity index (χ3n) is 6.51. The minimum atomic E-state index is -0.658. The van der Waals surface area contributed by atoms with Crippen LogP contribution in [0, 0.1) is 0 Å². The average molecular weight is 515 g/mol. The van der Waals surface area contributed by atoms with E-state index >= 15 is 0 Å². The summed E-state index contributed by atoms with van der Waals surface area (Å²) in [6.07, 6.45) is 2.56. The molecule has 1 fully saturated rings. The van der Waals surface area contributed by atoms with Crippen LogP contribution in [0.25, 0.3) is 6.08 Å². The van der Waals surface area contributed by atoms with E-state index in [-0.39, 0.29) is 11.2 Å². The van der Waals surface area contributed by atoms with Crippen molar-refractivity contribution in [1.82, 2.24) is 10.2 Å². The van der Waals surface area contributed by atoms with Crippen molar-refractivity contribution in [2.75, 3.05) is 23.3 Å². The van der Waals surface area contributed by atoms with Crippen LogP contribution in [0.5, 0.6) is 0 Å². The lowest BCUT2D eigenvalue weighted by molar-refractivity contribution is -0.127. The van der Waals surface area contributed by atoms with E-state index in [2.05, 4.69) is 43.2 Å². The molecule has 2 aromatic rings. The van der Waals surface area contributed by atoms with Gasteiger partial charge in [0.25, 0.3) is 5.91 Å². The second-order valence-corrected chi connectivity index (χ2v) is 10.4. The Morgan fingerprint density at radius 2 is 1.89 bits per heavy atom. The molecular weight excluding hydrogens is 487 g/mol. The van der Waals surface area contributed by atoms with Gasteiger partial charge in [0.1, 0.15) is 12.2 Å². The Bertz CT molecular complexity index is 1220. The molecule has 35 heavy (non-hydrogen) atoms. The van der Waals surface area contributed by atoms with E-state index in [1.54, 1.807) is 30.3 Å². The molecule has 184 valence electrons. The number of nitrogens with one attached hydrogen (secondary N) is 2. The molecule has 9 heteroatoms. The molecule has 2 aliphatic rings. The van der Waals surface area contributed by atoms with Crippen LogP contribution in [0.4, 0.5) is 16.2 Å². The van der Waals surface area contributed by atoms with Crippen LogP contribution < -0.4 is 15.5 Å². The number of nitrogens with zero attached hydrogens (tertiary/aromatic N) is 2. The van der Waals surface area contributed by atoms with E-state index < -0.39 is 24.4 Å². The van der Waals surface area contributed by atoms with Crippen molar-refractivity contribution < 1.29 is 14.4 Å². The van der Waals surface area contributed by atoms with Gasteiger partial charge in [-0.1, -0.05) is 30.1 Å². The highest BCUT2D eigenvalue weighted by Crippen LogP contribution is 2.45. The maximum Gasteiger partial charge on any atom is 0.329 e. The number of rotatable bonds is 5. The van der Waals surface area contributed by atoms with E-state index in [9.17, 15) is 14.4 Å². The van der Waals surface area contributed by atoms with Gasteiger partial charge in [-0.05, 0) is 86.7 Å². The Hall–Kier alpha value is -3.03. The lowest BCUT2D eigenvalue weighted by Crippen LogP contribution is -2.48. The summed E-state index contributed by atoms with van der Waals surface area (Å²) in [4.78, 5) is 41.0. The molecule has 4 amide bonds. The van der Waals surface area contributed by atoms with Crippen molar-refractivity contribution in [3.05, 3.63) is 63.3 Å². The zero-order valence-electron chi connectivity index (χ0n) is 20.1. The van der Waals surface area contributed by atoms with Gasteiger partial charge in [-0.25, -0.2) is 9.69 Å². The van der Waals surface area contributed by atoms with Crippen LogP contribution in [0.15, 0.2) is 42.1 Å². The quantitative estimate of drug-likeness (QED) is 0.399. The highest BCUT2D eigenvalue weighted by Gasteiger charge is 2.37. The van der Waals surface area contributed by atoms with Crippen molar-refractivity contribution in [3.8, 4) is 0 Å². The maximum atomic E-state index is 12.9. The van der Waals surface area contributed by atoms with E-state index in [0.29, 0.717) is 27.2 Å². The van der Waals surface area contributed by atoms with Crippen molar-refractivity contribution in [2.24, 2.45) is 0 Å². The molecule has 1 unspecified atom stereocenters. The van der Waals surface area contributed by atoms with Crippen molar-refractivity contribution >= 4 is 58.5 Å². The van der Waals surface area contributed by atoms with Gasteiger partial charge in [0.05, 0.1) is 0 Å². The van der Waals surface area contributed by atoms with Gasteiger partial charge in [0.2, 0.25) is 5.91 Å². The summed E-state index contributed by atoms with van der Waals surface area (Å²) in [5.41, 5.74) is 3.48. The minimum Gasteiger partial charge on any atom is -0.366 e. The lowest BCUT2D eigenvalue weighted by Gasteiger charge is -2.47. The first-order valence-corrected chi connectivity index (χ1v) is 12.3. The Morgan fingerprint density at radius 1 is 1.20 bits per heavy atom. The van der Waals surface area contributed by atoms with Gasteiger partial charge < -0.3 is 15.5 Å². The molecule has 0 saturated carbocycles. The second-order valence-electron chi connectivity index (χ2n) is 9.53. The smallest absolute Gasteiger partial charge is 0.329 e. The number of urea groups is 1. The number of hydrogen-bond donors (Lipinski definition) is 2.